The van der Waals surface area contributed by atoms with Crippen LogP contribution in [0.1, 0.15) is 38.8 Å². The van der Waals surface area contributed by atoms with Crippen molar-refractivity contribution in [1.29, 1.82) is 0 Å². The zero-order valence-electron chi connectivity index (χ0n) is 14.1. The van der Waals surface area contributed by atoms with E-state index < -0.39 is 0 Å². The third-order valence-corrected chi connectivity index (χ3v) is 5.00. The summed E-state index contributed by atoms with van der Waals surface area (Å²) in [5.74, 6) is -0.331. The number of H-pyrrole nitrogens is 1. The summed E-state index contributed by atoms with van der Waals surface area (Å²) in [6.07, 6.45) is 5.76. The smallest absolute Gasteiger partial charge is 0.340 e. The number of nitrogens with one attached hydrogen (secondary N) is 1. The van der Waals surface area contributed by atoms with Crippen molar-refractivity contribution in [2.75, 3.05) is 7.05 Å². The van der Waals surface area contributed by atoms with E-state index in [0.717, 1.165) is 12.8 Å². The number of carbonyl (C=O) groups is 1. The molecule has 2 saturated heterocycles. The van der Waals surface area contributed by atoms with E-state index >= 15 is 0 Å². The van der Waals surface area contributed by atoms with Gasteiger partial charge in [0.1, 0.15) is 6.10 Å². The molecule has 0 saturated carbocycles. The van der Waals surface area contributed by atoms with Crippen LogP contribution in [0.2, 0.25) is 0 Å². The van der Waals surface area contributed by atoms with Gasteiger partial charge in [0.2, 0.25) is 0 Å². The van der Waals surface area contributed by atoms with Gasteiger partial charge in [-0.3, -0.25) is 0 Å². The third-order valence-electron chi connectivity index (χ3n) is 5.00. The summed E-state index contributed by atoms with van der Waals surface area (Å²) < 4.78 is 21.3. The highest BCUT2D eigenvalue weighted by molar-refractivity contribution is 6.04. The zero-order chi connectivity index (χ0) is 16.1. The SMILES string of the molecule is [2H]c1ccc2c(C(=O)OC3CC4CCC(C3)N4C)c[nH]c2c1[2H]. The van der Waals surface area contributed by atoms with Gasteiger partial charge in [0, 0.05) is 42.0 Å². The molecule has 2 aromatic rings. The Hall–Kier alpha value is -1.81. The van der Waals surface area contributed by atoms with Crippen molar-refractivity contribution in [3.63, 3.8) is 0 Å². The lowest BCUT2D eigenvalue weighted by molar-refractivity contribution is -0.000258. The number of hydrogen-bond donors (Lipinski definition) is 1. The Balaban J connectivity index is 1.55. The van der Waals surface area contributed by atoms with Gasteiger partial charge in [-0.2, -0.15) is 0 Å². The van der Waals surface area contributed by atoms with Crippen LogP contribution in [0.5, 0.6) is 0 Å². The summed E-state index contributed by atoms with van der Waals surface area (Å²) in [6.45, 7) is 0. The molecule has 1 aromatic heterocycles. The normalized spacial score (nSPS) is 30.2. The van der Waals surface area contributed by atoms with Crippen molar-refractivity contribution in [2.45, 2.75) is 43.9 Å². The Morgan fingerprint density at radius 1 is 1.43 bits per heavy atom. The summed E-state index contributed by atoms with van der Waals surface area (Å²) in [5, 5.41) is 0.659. The summed E-state index contributed by atoms with van der Waals surface area (Å²) in [5.41, 5.74) is 0.979. The van der Waals surface area contributed by atoms with Crippen LogP contribution >= 0.6 is 0 Å². The van der Waals surface area contributed by atoms with Gasteiger partial charge in [-0.25, -0.2) is 4.79 Å². The average Bonchev–Trinajstić information content (AvgIpc) is 3.02. The first-order valence-electron chi connectivity index (χ1n) is 8.55. The summed E-state index contributed by atoms with van der Waals surface area (Å²) in [6, 6.07) is 4.57. The van der Waals surface area contributed by atoms with E-state index in [0.29, 0.717) is 28.6 Å². The highest BCUT2D eigenvalue weighted by Gasteiger charge is 2.40. The number of hydrogen-bond acceptors (Lipinski definition) is 3. The quantitative estimate of drug-likeness (QED) is 0.863. The molecule has 1 aromatic carbocycles. The van der Waals surface area contributed by atoms with Crippen LogP contribution in [0.4, 0.5) is 0 Å². The van der Waals surface area contributed by atoms with Crippen molar-refractivity contribution in [1.82, 2.24) is 9.88 Å². The van der Waals surface area contributed by atoms with E-state index in [2.05, 4.69) is 16.9 Å². The van der Waals surface area contributed by atoms with Gasteiger partial charge in [-0.1, -0.05) is 18.2 Å². The van der Waals surface area contributed by atoms with Crippen LogP contribution in [0.15, 0.2) is 30.4 Å². The number of nitrogens with zero attached hydrogens (tertiary/aromatic N) is 1. The molecule has 4 rings (SSSR count). The van der Waals surface area contributed by atoms with Crippen LogP contribution in [-0.4, -0.2) is 41.1 Å². The third kappa shape index (κ3) is 2.14. The van der Waals surface area contributed by atoms with Crippen LogP contribution in [-0.2, 0) is 4.74 Å². The number of para-hydroxylation sites is 1. The van der Waals surface area contributed by atoms with E-state index in [1.807, 2.05) is 0 Å². The second-order valence-electron chi connectivity index (χ2n) is 6.14. The Kier molecular flexibility index (Phi) is 2.52. The lowest BCUT2D eigenvalue weighted by atomic mass is 10.0. The standard InChI is InChI=1S/C17H20N2O2/c1-19-11-6-7-12(19)9-13(8-11)21-17(20)15-10-18-16-5-3-2-4-14(15)16/h2-5,10-13,18H,6-9H2,1H3/i3D,5D. The summed E-state index contributed by atoms with van der Waals surface area (Å²) in [7, 11) is 2.16. The Labute approximate surface area is 126 Å². The molecule has 2 unspecified atom stereocenters. The largest absolute Gasteiger partial charge is 0.459 e. The maximum atomic E-state index is 12.5. The molecule has 2 aliphatic rings. The number of rotatable bonds is 2. The number of aromatic amines is 1. The van der Waals surface area contributed by atoms with E-state index in [1.165, 1.54) is 12.8 Å². The fourth-order valence-electron chi connectivity index (χ4n) is 3.79. The highest BCUT2D eigenvalue weighted by atomic mass is 16.5. The van der Waals surface area contributed by atoms with Gasteiger partial charge in [0.25, 0.3) is 0 Å². The Morgan fingerprint density at radius 2 is 2.19 bits per heavy atom. The number of piperidine rings is 1. The molecular weight excluding hydrogens is 264 g/mol. The van der Waals surface area contributed by atoms with Gasteiger partial charge in [0.05, 0.1) is 8.30 Å². The molecule has 0 aliphatic carbocycles. The number of ether oxygens (including phenoxy) is 1. The minimum Gasteiger partial charge on any atom is -0.459 e. The number of benzene rings is 1. The fraction of sp³-hybridized carbons (Fsp3) is 0.471. The molecular formula is C17H20N2O2. The van der Waals surface area contributed by atoms with Gasteiger partial charge >= 0.3 is 5.97 Å². The first-order chi connectivity index (χ1) is 11.0. The van der Waals surface area contributed by atoms with Gasteiger partial charge in [-0.05, 0) is 25.9 Å². The van der Waals surface area contributed by atoms with Crippen molar-refractivity contribution >= 4 is 16.9 Å². The summed E-state index contributed by atoms with van der Waals surface area (Å²) in [4.78, 5) is 17.9. The van der Waals surface area contributed by atoms with Crippen molar-refractivity contribution in [3.05, 3.63) is 36.0 Å². The Bertz CT molecular complexity index is 759. The number of carbonyl (C=O) groups excluding carboxylic acids is 1. The van der Waals surface area contributed by atoms with Crippen LogP contribution < -0.4 is 0 Å². The second kappa shape index (κ2) is 4.88. The van der Waals surface area contributed by atoms with Crippen molar-refractivity contribution in [3.8, 4) is 0 Å². The monoisotopic (exact) mass is 286 g/mol. The molecule has 2 atom stereocenters. The zero-order valence-corrected chi connectivity index (χ0v) is 12.1. The maximum Gasteiger partial charge on any atom is 0.340 e. The van der Waals surface area contributed by atoms with Crippen LogP contribution in [0.3, 0.4) is 0 Å². The fourth-order valence-corrected chi connectivity index (χ4v) is 3.79. The lowest BCUT2D eigenvalue weighted by Gasteiger charge is -2.35. The average molecular weight is 286 g/mol. The number of esters is 1. The predicted molar refractivity (Wildman–Crippen MR) is 81.3 cm³/mol. The summed E-state index contributed by atoms with van der Waals surface area (Å²) >= 11 is 0. The van der Waals surface area contributed by atoms with E-state index in [4.69, 9.17) is 7.48 Å². The first-order valence-corrected chi connectivity index (χ1v) is 7.55. The van der Waals surface area contributed by atoms with Crippen LogP contribution in [0.25, 0.3) is 10.9 Å². The van der Waals surface area contributed by atoms with Gasteiger partial charge in [0.15, 0.2) is 0 Å². The first kappa shape index (κ1) is 10.9. The van der Waals surface area contributed by atoms with Crippen LogP contribution in [0, 0.1) is 0 Å². The van der Waals surface area contributed by atoms with Crippen molar-refractivity contribution in [2.24, 2.45) is 0 Å². The van der Waals surface area contributed by atoms with E-state index in [1.54, 1.807) is 18.3 Å². The van der Waals surface area contributed by atoms with Crippen molar-refractivity contribution < 1.29 is 12.3 Å². The van der Waals surface area contributed by atoms with E-state index in [9.17, 15) is 4.79 Å². The number of fused-ring (bicyclic) bond motifs is 3. The second-order valence-corrected chi connectivity index (χ2v) is 6.14. The topological polar surface area (TPSA) is 45.3 Å². The molecule has 3 heterocycles. The molecule has 2 aliphatic heterocycles. The molecule has 4 nitrogen and oxygen atoms in total. The molecule has 2 fully saturated rings. The predicted octanol–water partition coefficient (Wildman–Crippen LogP) is 2.95. The molecule has 110 valence electrons. The molecule has 1 N–H and O–H groups in total. The van der Waals surface area contributed by atoms with E-state index in [-0.39, 0.29) is 24.2 Å². The minimum absolute atomic E-state index is 0.0212. The molecule has 2 bridgehead atoms. The highest BCUT2D eigenvalue weighted by Crippen LogP contribution is 2.35. The molecule has 4 heteroatoms. The molecule has 0 spiro atoms. The molecule has 21 heavy (non-hydrogen) atoms. The lowest BCUT2D eigenvalue weighted by Crippen LogP contribution is -2.43. The Morgan fingerprint density at radius 3 is 2.95 bits per heavy atom. The van der Waals surface area contributed by atoms with Gasteiger partial charge < -0.3 is 14.6 Å². The van der Waals surface area contributed by atoms with Gasteiger partial charge in [-0.15, -0.1) is 0 Å². The molecule has 0 amide bonds. The maximum absolute atomic E-state index is 12.5. The molecule has 0 radical (unpaired) electrons. The number of aromatic nitrogens is 1. The minimum atomic E-state index is -0.331.